The van der Waals surface area contributed by atoms with Crippen LogP contribution in [0.15, 0.2) is 17.0 Å². The van der Waals surface area contributed by atoms with Gasteiger partial charge in [0.2, 0.25) is 0 Å². The summed E-state index contributed by atoms with van der Waals surface area (Å²) < 4.78 is 72.5. The minimum atomic E-state index is -5.92. The molecule has 0 N–H and O–H groups in total. The van der Waals surface area contributed by atoms with Crippen molar-refractivity contribution in [2.24, 2.45) is 0 Å². The summed E-state index contributed by atoms with van der Waals surface area (Å²) in [6.45, 7) is 0. The van der Waals surface area contributed by atoms with Gasteiger partial charge < -0.3 is 4.55 Å². The third-order valence-corrected chi connectivity index (χ3v) is 3.32. The average Bonchev–Trinajstić information content (AvgIpc) is 2.13. The summed E-state index contributed by atoms with van der Waals surface area (Å²) in [5.74, 6) is 0. The van der Waals surface area contributed by atoms with Crippen molar-refractivity contribution in [3.8, 4) is 0 Å². The highest BCUT2D eigenvalue weighted by Gasteiger charge is 2.68. The summed E-state index contributed by atoms with van der Waals surface area (Å²) in [5, 5.41) is -5.99. The van der Waals surface area contributed by atoms with E-state index in [0.717, 1.165) is 0 Å². The molecule has 1 radical (unpaired) electrons. The number of hydrogen-bond donors (Lipinski definition) is 0. The fraction of sp³-hybridized carbons (Fsp3) is 0.250. The average molecular weight is 312 g/mol. The van der Waals surface area contributed by atoms with Crippen LogP contribution in [0.2, 0.25) is 10.0 Å². The van der Waals surface area contributed by atoms with Crippen LogP contribution < -0.4 is 0 Å². The summed E-state index contributed by atoms with van der Waals surface area (Å²) in [5.41, 5.74) is 0. The molecule has 0 amide bonds. The van der Waals surface area contributed by atoms with E-state index in [9.17, 15) is 26.5 Å². The number of alkyl halides is 5. The molecule has 0 aromatic heterocycles. The van der Waals surface area contributed by atoms with Gasteiger partial charge in [0.15, 0.2) is 4.90 Å². The first-order valence-corrected chi connectivity index (χ1v) is 5.71. The second kappa shape index (κ2) is 4.79. The first-order chi connectivity index (χ1) is 7.55. The van der Waals surface area contributed by atoms with Crippen LogP contribution in [-0.4, -0.2) is 16.0 Å². The molecule has 1 nitrogen and oxygen atoms in total. The lowest BCUT2D eigenvalue weighted by Gasteiger charge is -2.21. The van der Waals surface area contributed by atoms with Gasteiger partial charge in [0.05, 0.1) is 21.2 Å². The second-order valence-corrected chi connectivity index (χ2v) is 5.13. The number of halogens is 7. The molecule has 1 aromatic rings. The quantitative estimate of drug-likeness (QED) is 0.597. The van der Waals surface area contributed by atoms with Crippen molar-refractivity contribution in [3.05, 3.63) is 28.2 Å². The Hall–Kier alpha value is -0.240. The van der Waals surface area contributed by atoms with Crippen molar-refractivity contribution < 1.29 is 26.5 Å². The Labute approximate surface area is 106 Å². The Morgan fingerprint density at radius 2 is 1.47 bits per heavy atom. The maximum atomic E-state index is 12.8. The zero-order valence-corrected chi connectivity index (χ0v) is 9.95. The van der Waals surface area contributed by atoms with Crippen LogP contribution in [0, 0.1) is 6.07 Å². The van der Waals surface area contributed by atoms with Gasteiger partial charge in [-0.05, 0) is 0 Å². The first-order valence-electron chi connectivity index (χ1n) is 3.80. The van der Waals surface area contributed by atoms with E-state index in [1.165, 1.54) is 0 Å². The van der Waals surface area contributed by atoms with Gasteiger partial charge in [-0.3, -0.25) is 0 Å². The molecule has 1 unspecified atom stereocenters. The number of hydrogen-bond acceptors (Lipinski definition) is 1. The molecule has 1 atom stereocenters. The van der Waals surface area contributed by atoms with Crippen LogP contribution in [0.4, 0.5) is 22.0 Å². The standard InChI is InChI=1S/C8H2Cl2F5OS/c9-4-1-5(10)3-6(2-4)17(16)8(14,15)7(11,12)13/h2-3H. The zero-order chi connectivity index (χ0) is 13.4. The Bertz CT molecular complexity index is 403. The molecule has 0 bridgehead atoms. The van der Waals surface area contributed by atoms with Crippen molar-refractivity contribution in [2.45, 2.75) is 16.3 Å². The molecule has 9 heteroatoms. The molecule has 17 heavy (non-hydrogen) atoms. The Morgan fingerprint density at radius 1 is 1.06 bits per heavy atom. The van der Waals surface area contributed by atoms with E-state index < -0.39 is 27.5 Å². The molecule has 0 heterocycles. The monoisotopic (exact) mass is 311 g/mol. The number of benzene rings is 1. The number of rotatable bonds is 2. The van der Waals surface area contributed by atoms with Gasteiger partial charge in [-0.1, -0.05) is 23.2 Å². The van der Waals surface area contributed by atoms with E-state index in [4.69, 9.17) is 23.2 Å². The van der Waals surface area contributed by atoms with Crippen LogP contribution in [0.25, 0.3) is 0 Å². The highest BCUT2D eigenvalue weighted by molar-refractivity contribution is 7.92. The largest absolute Gasteiger partial charge is 0.606 e. The van der Waals surface area contributed by atoms with Crippen molar-refractivity contribution >= 4 is 34.4 Å². The molecule has 0 spiro atoms. The SMILES string of the molecule is [O-][S+](c1cc(Cl)[c]c(Cl)c1)C(F)(F)C(F)(F)F. The van der Waals surface area contributed by atoms with Crippen LogP contribution in [0.3, 0.4) is 0 Å². The van der Waals surface area contributed by atoms with Gasteiger partial charge in [-0.2, -0.15) is 13.2 Å². The summed E-state index contributed by atoms with van der Waals surface area (Å²) in [4.78, 5) is -0.818. The van der Waals surface area contributed by atoms with Crippen LogP contribution in [0.5, 0.6) is 0 Å². The van der Waals surface area contributed by atoms with E-state index in [0.29, 0.717) is 12.1 Å². The first kappa shape index (κ1) is 14.8. The van der Waals surface area contributed by atoms with Crippen LogP contribution in [0.1, 0.15) is 0 Å². The van der Waals surface area contributed by atoms with Gasteiger partial charge in [-0.15, -0.1) is 8.78 Å². The molecule has 1 rings (SSSR count). The molecule has 0 saturated carbocycles. The summed E-state index contributed by atoms with van der Waals surface area (Å²) >= 11 is 7.08. The molecular weight excluding hydrogens is 310 g/mol. The molecule has 0 aliphatic rings. The minimum absolute atomic E-state index is 0.307. The van der Waals surface area contributed by atoms with Gasteiger partial charge in [-0.25, -0.2) is 0 Å². The Kier molecular flexibility index (Phi) is 4.18. The lowest BCUT2D eigenvalue weighted by Crippen LogP contribution is -2.43. The van der Waals surface area contributed by atoms with Crippen molar-refractivity contribution in [2.75, 3.05) is 0 Å². The fourth-order valence-corrected chi connectivity index (χ4v) is 2.41. The maximum absolute atomic E-state index is 12.8. The summed E-state index contributed by atoms with van der Waals surface area (Å²) in [6.07, 6.45) is -5.92. The van der Waals surface area contributed by atoms with Gasteiger partial charge in [0.1, 0.15) is 0 Å². The lowest BCUT2D eigenvalue weighted by atomic mass is 10.4. The van der Waals surface area contributed by atoms with Crippen molar-refractivity contribution in [1.82, 2.24) is 0 Å². The van der Waals surface area contributed by atoms with E-state index >= 15 is 0 Å². The third-order valence-electron chi connectivity index (χ3n) is 1.55. The molecule has 0 saturated heterocycles. The topological polar surface area (TPSA) is 23.1 Å². The summed E-state index contributed by atoms with van der Waals surface area (Å²) in [7, 11) is 0. The van der Waals surface area contributed by atoms with Crippen LogP contribution in [-0.2, 0) is 11.2 Å². The molecule has 0 aliphatic heterocycles. The minimum Gasteiger partial charge on any atom is -0.606 e. The van der Waals surface area contributed by atoms with E-state index in [1.54, 1.807) is 0 Å². The summed E-state index contributed by atoms with van der Waals surface area (Å²) in [6, 6.07) is 3.59. The van der Waals surface area contributed by atoms with Crippen molar-refractivity contribution in [1.29, 1.82) is 0 Å². The van der Waals surface area contributed by atoms with E-state index in [-0.39, 0.29) is 10.0 Å². The molecule has 1 aromatic carbocycles. The molecule has 0 fully saturated rings. The third kappa shape index (κ3) is 3.15. The molecule has 95 valence electrons. The van der Waals surface area contributed by atoms with Gasteiger partial charge in [0.25, 0.3) is 0 Å². The Balaban J connectivity index is 3.16. The van der Waals surface area contributed by atoms with E-state index in [2.05, 4.69) is 6.07 Å². The smallest absolute Gasteiger partial charge is 0.510 e. The molecular formula is C8H2Cl2F5OS. The second-order valence-electron chi connectivity index (χ2n) is 2.80. The van der Waals surface area contributed by atoms with Gasteiger partial charge in [0, 0.05) is 18.2 Å². The van der Waals surface area contributed by atoms with Crippen LogP contribution >= 0.6 is 23.2 Å². The molecule has 0 aliphatic carbocycles. The fourth-order valence-electron chi connectivity index (χ4n) is 0.838. The lowest BCUT2D eigenvalue weighted by molar-refractivity contribution is -0.241. The maximum Gasteiger partial charge on any atom is 0.510 e. The highest BCUT2D eigenvalue weighted by Crippen LogP contribution is 2.43. The predicted molar refractivity (Wildman–Crippen MR) is 52.7 cm³/mol. The van der Waals surface area contributed by atoms with E-state index in [1.807, 2.05) is 0 Å². The predicted octanol–water partition coefficient (Wildman–Crippen LogP) is 4.06. The van der Waals surface area contributed by atoms with Gasteiger partial charge >= 0.3 is 11.4 Å². The van der Waals surface area contributed by atoms with Crippen molar-refractivity contribution in [3.63, 3.8) is 0 Å². The zero-order valence-electron chi connectivity index (χ0n) is 7.62. The normalized spacial score (nSPS) is 14.8. The Morgan fingerprint density at radius 3 is 1.82 bits per heavy atom. The highest BCUT2D eigenvalue weighted by atomic mass is 35.5.